The molecule has 0 spiro atoms. The fourth-order valence-corrected chi connectivity index (χ4v) is 2.11. The summed E-state index contributed by atoms with van der Waals surface area (Å²) in [6.45, 7) is 7.96. The molecule has 5 heteroatoms. The Morgan fingerprint density at radius 1 is 1.53 bits per heavy atom. The van der Waals surface area contributed by atoms with Crippen molar-refractivity contribution in [3.05, 3.63) is 11.9 Å². The molecule has 1 heterocycles. The van der Waals surface area contributed by atoms with E-state index in [1.54, 1.807) is 0 Å². The lowest BCUT2D eigenvalue weighted by molar-refractivity contribution is 0.223. The van der Waals surface area contributed by atoms with Crippen molar-refractivity contribution in [2.75, 3.05) is 13.1 Å². The zero-order valence-corrected chi connectivity index (χ0v) is 10.8. The van der Waals surface area contributed by atoms with Gasteiger partial charge < -0.3 is 5.73 Å². The average Bonchev–Trinajstić information content (AvgIpc) is 3.01. The molecular formula is C12H23N5. The topological polar surface area (TPSA) is 60.0 Å². The van der Waals surface area contributed by atoms with Crippen molar-refractivity contribution in [3.63, 3.8) is 0 Å². The molecule has 17 heavy (non-hydrogen) atoms. The van der Waals surface area contributed by atoms with Crippen LogP contribution >= 0.6 is 0 Å². The molecule has 0 aromatic carbocycles. The Labute approximate surface area is 103 Å². The standard InChI is InChI=1S/C12H23N5/c1-10(2)7-16(12-3-4-12)8-11-9-17(6-5-13)15-14-11/h9-10,12H,3-8,13H2,1-2H3. The van der Waals surface area contributed by atoms with E-state index in [2.05, 4.69) is 29.1 Å². The van der Waals surface area contributed by atoms with Crippen molar-refractivity contribution >= 4 is 0 Å². The van der Waals surface area contributed by atoms with Gasteiger partial charge in [-0.05, 0) is 18.8 Å². The van der Waals surface area contributed by atoms with Crippen LogP contribution in [-0.2, 0) is 13.1 Å². The van der Waals surface area contributed by atoms with Gasteiger partial charge in [-0.15, -0.1) is 5.10 Å². The number of hydrogen-bond donors (Lipinski definition) is 1. The third kappa shape index (κ3) is 3.78. The van der Waals surface area contributed by atoms with E-state index in [-0.39, 0.29) is 0 Å². The summed E-state index contributed by atoms with van der Waals surface area (Å²) < 4.78 is 1.83. The predicted molar refractivity (Wildman–Crippen MR) is 67.3 cm³/mol. The molecule has 0 atom stereocenters. The highest BCUT2D eigenvalue weighted by atomic mass is 15.4. The Bertz CT molecular complexity index is 342. The zero-order valence-electron chi connectivity index (χ0n) is 10.8. The normalized spacial score (nSPS) is 16.1. The van der Waals surface area contributed by atoms with Gasteiger partial charge in [-0.25, -0.2) is 0 Å². The van der Waals surface area contributed by atoms with Gasteiger partial charge in [0.15, 0.2) is 0 Å². The van der Waals surface area contributed by atoms with Gasteiger partial charge in [0.05, 0.1) is 12.2 Å². The lowest BCUT2D eigenvalue weighted by Gasteiger charge is -2.22. The van der Waals surface area contributed by atoms with E-state index >= 15 is 0 Å². The van der Waals surface area contributed by atoms with Crippen molar-refractivity contribution in [3.8, 4) is 0 Å². The average molecular weight is 237 g/mol. The summed E-state index contributed by atoms with van der Waals surface area (Å²) in [5.41, 5.74) is 6.56. The largest absolute Gasteiger partial charge is 0.329 e. The third-order valence-corrected chi connectivity index (χ3v) is 2.97. The molecule has 0 bridgehead atoms. The van der Waals surface area contributed by atoms with Crippen LogP contribution in [0.3, 0.4) is 0 Å². The summed E-state index contributed by atoms with van der Waals surface area (Å²) in [6, 6.07) is 0.775. The highest BCUT2D eigenvalue weighted by Gasteiger charge is 2.29. The van der Waals surface area contributed by atoms with Gasteiger partial charge in [0.2, 0.25) is 0 Å². The second kappa shape index (κ2) is 5.60. The van der Waals surface area contributed by atoms with E-state index in [9.17, 15) is 0 Å². The minimum Gasteiger partial charge on any atom is -0.329 e. The second-order valence-corrected chi connectivity index (χ2v) is 5.32. The number of rotatable bonds is 7. The van der Waals surface area contributed by atoms with Crippen molar-refractivity contribution in [2.24, 2.45) is 11.7 Å². The summed E-state index contributed by atoms with van der Waals surface area (Å²) >= 11 is 0. The van der Waals surface area contributed by atoms with E-state index < -0.39 is 0 Å². The Hall–Kier alpha value is -0.940. The minimum atomic E-state index is 0.612. The van der Waals surface area contributed by atoms with Crippen molar-refractivity contribution in [1.82, 2.24) is 19.9 Å². The molecular weight excluding hydrogens is 214 g/mol. The molecule has 1 aromatic heterocycles. The maximum atomic E-state index is 5.50. The fraction of sp³-hybridized carbons (Fsp3) is 0.833. The number of aromatic nitrogens is 3. The van der Waals surface area contributed by atoms with Crippen LogP contribution in [0.4, 0.5) is 0 Å². The van der Waals surface area contributed by atoms with E-state index in [0.717, 1.165) is 31.4 Å². The molecule has 1 aliphatic rings. The molecule has 2 N–H and O–H groups in total. The van der Waals surface area contributed by atoms with Crippen LogP contribution in [0.1, 0.15) is 32.4 Å². The summed E-state index contributed by atoms with van der Waals surface area (Å²) in [7, 11) is 0. The zero-order chi connectivity index (χ0) is 12.3. The molecule has 0 radical (unpaired) electrons. The first-order valence-corrected chi connectivity index (χ1v) is 6.52. The summed E-state index contributed by atoms with van der Waals surface area (Å²) in [5, 5.41) is 8.29. The number of nitrogens with zero attached hydrogens (tertiary/aromatic N) is 4. The Morgan fingerprint density at radius 3 is 2.88 bits per heavy atom. The maximum Gasteiger partial charge on any atom is 0.0967 e. The van der Waals surface area contributed by atoms with Gasteiger partial charge in [-0.2, -0.15) is 0 Å². The van der Waals surface area contributed by atoms with Crippen LogP contribution in [-0.4, -0.2) is 39.0 Å². The highest BCUT2D eigenvalue weighted by Crippen LogP contribution is 2.28. The van der Waals surface area contributed by atoms with Gasteiger partial charge in [0.1, 0.15) is 0 Å². The first kappa shape index (κ1) is 12.5. The van der Waals surface area contributed by atoms with Crippen molar-refractivity contribution in [2.45, 2.75) is 45.8 Å². The molecule has 0 aliphatic heterocycles. The highest BCUT2D eigenvalue weighted by molar-refractivity contribution is 4.96. The molecule has 96 valence electrons. The van der Waals surface area contributed by atoms with E-state index in [1.165, 1.54) is 12.8 Å². The smallest absolute Gasteiger partial charge is 0.0967 e. The molecule has 1 fully saturated rings. The molecule has 1 saturated carbocycles. The molecule has 5 nitrogen and oxygen atoms in total. The maximum absolute atomic E-state index is 5.50. The van der Waals surface area contributed by atoms with Gasteiger partial charge >= 0.3 is 0 Å². The van der Waals surface area contributed by atoms with Gasteiger partial charge in [-0.3, -0.25) is 9.58 Å². The second-order valence-electron chi connectivity index (χ2n) is 5.32. The Morgan fingerprint density at radius 2 is 2.29 bits per heavy atom. The lowest BCUT2D eigenvalue weighted by Crippen LogP contribution is -2.29. The predicted octanol–water partition coefficient (Wildman–Crippen LogP) is 0.857. The molecule has 1 aromatic rings. The minimum absolute atomic E-state index is 0.612. The van der Waals surface area contributed by atoms with Crippen LogP contribution in [0.2, 0.25) is 0 Å². The van der Waals surface area contributed by atoms with Crippen LogP contribution in [0.25, 0.3) is 0 Å². The Balaban J connectivity index is 1.91. The van der Waals surface area contributed by atoms with Crippen LogP contribution in [0.5, 0.6) is 0 Å². The molecule has 2 rings (SSSR count). The monoisotopic (exact) mass is 237 g/mol. The summed E-state index contributed by atoms with van der Waals surface area (Å²) in [5.74, 6) is 0.703. The first-order valence-electron chi connectivity index (χ1n) is 6.52. The number of hydrogen-bond acceptors (Lipinski definition) is 4. The van der Waals surface area contributed by atoms with Crippen molar-refractivity contribution < 1.29 is 0 Å². The molecule has 1 aliphatic carbocycles. The molecule has 0 amide bonds. The fourth-order valence-electron chi connectivity index (χ4n) is 2.11. The lowest BCUT2D eigenvalue weighted by atomic mass is 10.2. The first-order chi connectivity index (χ1) is 8.19. The quantitative estimate of drug-likeness (QED) is 0.764. The summed E-state index contributed by atoms with van der Waals surface area (Å²) in [6.07, 6.45) is 4.69. The third-order valence-electron chi connectivity index (χ3n) is 2.97. The van der Waals surface area contributed by atoms with Crippen molar-refractivity contribution in [1.29, 1.82) is 0 Å². The van der Waals surface area contributed by atoms with E-state index in [4.69, 9.17) is 5.73 Å². The number of nitrogens with two attached hydrogens (primary N) is 1. The molecule has 0 saturated heterocycles. The van der Waals surface area contributed by atoms with Gasteiger partial charge in [-0.1, -0.05) is 19.1 Å². The van der Waals surface area contributed by atoms with Crippen LogP contribution in [0, 0.1) is 5.92 Å². The summed E-state index contributed by atoms with van der Waals surface area (Å²) in [4.78, 5) is 2.53. The Kier molecular flexibility index (Phi) is 4.12. The van der Waals surface area contributed by atoms with Crippen LogP contribution < -0.4 is 5.73 Å². The van der Waals surface area contributed by atoms with Gasteiger partial charge in [0.25, 0.3) is 0 Å². The van der Waals surface area contributed by atoms with Crippen LogP contribution in [0.15, 0.2) is 6.20 Å². The SMILES string of the molecule is CC(C)CN(Cc1cn(CCN)nn1)C1CC1. The van der Waals surface area contributed by atoms with Gasteiger partial charge in [0, 0.05) is 31.9 Å². The molecule has 0 unspecified atom stereocenters. The van der Waals surface area contributed by atoms with E-state index in [0.29, 0.717) is 12.5 Å². The van der Waals surface area contributed by atoms with E-state index in [1.807, 2.05) is 10.9 Å².